The Labute approximate surface area is 207 Å². The molecule has 35 heavy (non-hydrogen) atoms. The zero-order valence-corrected chi connectivity index (χ0v) is 19.8. The number of benzene rings is 1. The van der Waals surface area contributed by atoms with Crippen molar-refractivity contribution in [1.82, 2.24) is 25.3 Å². The van der Waals surface area contributed by atoms with Gasteiger partial charge < -0.3 is 24.8 Å². The maximum Gasteiger partial charge on any atom is 0.227 e. The average Bonchev–Trinajstić information content (AvgIpc) is 3.46. The van der Waals surface area contributed by atoms with Crippen LogP contribution in [0.25, 0.3) is 11.3 Å². The summed E-state index contributed by atoms with van der Waals surface area (Å²) < 4.78 is 11.0. The summed E-state index contributed by atoms with van der Waals surface area (Å²) in [5, 5.41) is 18.6. The van der Waals surface area contributed by atoms with Crippen LogP contribution in [0.3, 0.4) is 0 Å². The van der Waals surface area contributed by atoms with Gasteiger partial charge in [0.1, 0.15) is 16.5 Å². The monoisotopic (exact) mass is 492 g/mol. The molecule has 1 aromatic carbocycles. The van der Waals surface area contributed by atoms with Crippen LogP contribution in [0.2, 0.25) is 5.02 Å². The molecule has 2 fully saturated rings. The van der Waals surface area contributed by atoms with Gasteiger partial charge in [0.15, 0.2) is 17.4 Å². The third kappa shape index (κ3) is 4.94. The Bertz CT molecular complexity index is 1300. The third-order valence-electron chi connectivity index (χ3n) is 6.04. The fraction of sp³-hybridized carbons (Fsp3) is 0.333. The highest BCUT2D eigenvalue weighted by atomic mass is 35.5. The molecule has 0 bridgehead atoms. The third-order valence-corrected chi connectivity index (χ3v) is 6.39. The average molecular weight is 493 g/mol. The number of anilines is 4. The first-order valence-corrected chi connectivity index (χ1v) is 12.1. The van der Waals surface area contributed by atoms with E-state index in [-0.39, 0.29) is 0 Å². The van der Waals surface area contributed by atoms with Gasteiger partial charge in [-0.15, -0.1) is 0 Å². The molecule has 0 amide bonds. The van der Waals surface area contributed by atoms with E-state index in [0.29, 0.717) is 67.1 Å². The molecule has 3 N–H and O–H groups in total. The number of morpholine rings is 1. The fourth-order valence-corrected chi connectivity index (χ4v) is 4.26. The van der Waals surface area contributed by atoms with Gasteiger partial charge in [-0.3, -0.25) is 5.10 Å². The molecular formula is C24H25ClN8O2. The van der Waals surface area contributed by atoms with E-state index in [4.69, 9.17) is 25.8 Å². The van der Waals surface area contributed by atoms with E-state index in [2.05, 4.69) is 35.9 Å². The van der Waals surface area contributed by atoms with Crippen molar-refractivity contribution in [2.45, 2.75) is 25.3 Å². The summed E-state index contributed by atoms with van der Waals surface area (Å²) in [7, 11) is 0. The van der Waals surface area contributed by atoms with E-state index < -0.39 is 0 Å². The summed E-state index contributed by atoms with van der Waals surface area (Å²) in [6, 6.07) is 13.8. The molecule has 10 nitrogen and oxygen atoms in total. The molecule has 1 saturated heterocycles. The lowest BCUT2D eigenvalue weighted by Gasteiger charge is -2.29. The van der Waals surface area contributed by atoms with Crippen LogP contribution in [0.4, 0.5) is 23.4 Å². The normalized spacial score (nSPS) is 15.9. The number of rotatable bonds is 8. The predicted molar refractivity (Wildman–Crippen MR) is 133 cm³/mol. The van der Waals surface area contributed by atoms with Crippen LogP contribution in [0.5, 0.6) is 0 Å². The lowest BCUT2D eigenvalue weighted by molar-refractivity contribution is 0.122. The van der Waals surface area contributed by atoms with E-state index in [1.54, 1.807) is 0 Å². The minimum absolute atomic E-state index is 0.374. The van der Waals surface area contributed by atoms with Gasteiger partial charge in [0.05, 0.1) is 25.5 Å². The molecule has 0 spiro atoms. The summed E-state index contributed by atoms with van der Waals surface area (Å²) in [6.45, 7) is 3.02. The minimum atomic E-state index is 0.374. The molecule has 1 saturated carbocycles. The molecule has 11 heteroatoms. The lowest BCUT2D eigenvalue weighted by Crippen LogP contribution is -2.37. The molecule has 1 aliphatic carbocycles. The second-order valence-electron chi connectivity index (χ2n) is 8.64. The Morgan fingerprint density at radius 3 is 2.71 bits per heavy atom. The number of halogens is 1. The van der Waals surface area contributed by atoms with Crippen LogP contribution in [-0.4, -0.2) is 51.6 Å². The first kappa shape index (κ1) is 21.9. The highest BCUT2D eigenvalue weighted by Gasteiger charge is 2.27. The van der Waals surface area contributed by atoms with Gasteiger partial charge in [0.2, 0.25) is 5.95 Å². The first-order chi connectivity index (χ1) is 17.2. The van der Waals surface area contributed by atoms with Crippen molar-refractivity contribution in [2.24, 2.45) is 0 Å². The highest BCUT2D eigenvalue weighted by Crippen LogP contribution is 2.40. The summed E-state index contributed by atoms with van der Waals surface area (Å²) >= 11 is 6.77. The van der Waals surface area contributed by atoms with E-state index in [1.165, 1.54) is 12.8 Å². The number of aromatic nitrogens is 5. The molecule has 3 aromatic heterocycles. The quantitative estimate of drug-likeness (QED) is 0.325. The molecule has 4 aromatic rings. The van der Waals surface area contributed by atoms with Crippen LogP contribution in [0.15, 0.2) is 47.0 Å². The SMILES string of the molecule is Clc1c(Nc2cc(C3CC3)n[nH]2)nc(NCc2cc(-c3ccccc3)no2)nc1N1CCOCC1. The number of aromatic amines is 1. The molecule has 1 aliphatic heterocycles. The lowest BCUT2D eigenvalue weighted by atomic mass is 10.1. The molecule has 0 unspecified atom stereocenters. The molecule has 0 radical (unpaired) electrons. The zero-order valence-electron chi connectivity index (χ0n) is 19.0. The van der Waals surface area contributed by atoms with E-state index >= 15 is 0 Å². The molecule has 180 valence electrons. The summed E-state index contributed by atoms with van der Waals surface area (Å²) in [5.74, 6) is 3.55. The molecule has 0 atom stereocenters. The second-order valence-corrected chi connectivity index (χ2v) is 9.01. The number of hydrogen-bond donors (Lipinski definition) is 3. The first-order valence-electron chi connectivity index (χ1n) is 11.7. The molecule has 2 aliphatic rings. The van der Waals surface area contributed by atoms with Crippen molar-refractivity contribution in [3.8, 4) is 11.3 Å². The zero-order chi connectivity index (χ0) is 23.6. The van der Waals surface area contributed by atoms with Crippen molar-refractivity contribution < 1.29 is 9.26 Å². The van der Waals surface area contributed by atoms with Crippen molar-refractivity contribution in [2.75, 3.05) is 41.8 Å². The second kappa shape index (κ2) is 9.55. The smallest absolute Gasteiger partial charge is 0.227 e. The standard InChI is InChI=1S/C24H25ClN8O2/c25-21-22(27-20-13-18(30-31-20)16-6-7-16)28-24(29-23(21)33-8-10-34-11-9-33)26-14-17-12-19(32-35-17)15-4-2-1-3-5-15/h1-5,12-13,16H,6-11,14H2,(H3,26,27,28,29,30,31). The number of nitrogens with one attached hydrogen (secondary N) is 3. The van der Waals surface area contributed by atoms with Crippen LogP contribution in [-0.2, 0) is 11.3 Å². The van der Waals surface area contributed by atoms with Crippen LogP contribution >= 0.6 is 11.6 Å². The van der Waals surface area contributed by atoms with Gasteiger partial charge in [0, 0.05) is 36.7 Å². The van der Waals surface area contributed by atoms with Gasteiger partial charge in [-0.2, -0.15) is 15.1 Å². The Balaban J connectivity index is 1.24. The maximum atomic E-state index is 6.77. The Morgan fingerprint density at radius 2 is 1.91 bits per heavy atom. The Kier molecular flexibility index (Phi) is 5.97. The summed E-state index contributed by atoms with van der Waals surface area (Å²) in [4.78, 5) is 11.5. The number of nitrogens with zero attached hydrogens (tertiary/aromatic N) is 5. The summed E-state index contributed by atoms with van der Waals surface area (Å²) in [5.41, 5.74) is 2.84. The van der Waals surface area contributed by atoms with E-state index in [0.717, 1.165) is 22.8 Å². The van der Waals surface area contributed by atoms with Crippen molar-refractivity contribution in [3.05, 3.63) is 58.9 Å². The minimum Gasteiger partial charge on any atom is -0.378 e. The highest BCUT2D eigenvalue weighted by molar-refractivity contribution is 6.35. The topological polar surface area (TPSA) is 117 Å². The van der Waals surface area contributed by atoms with Crippen molar-refractivity contribution >= 4 is 35.0 Å². The van der Waals surface area contributed by atoms with E-state index in [1.807, 2.05) is 42.5 Å². The summed E-state index contributed by atoms with van der Waals surface area (Å²) in [6.07, 6.45) is 2.36. The van der Waals surface area contributed by atoms with Crippen LogP contribution < -0.4 is 15.5 Å². The van der Waals surface area contributed by atoms with Gasteiger partial charge in [-0.1, -0.05) is 47.1 Å². The van der Waals surface area contributed by atoms with Crippen molar-refractivity contribution in [3.63, 3.8) is 0 Å². The van der Waals surface area contributed by atoms with Crippen molar-refractivity contribution in [1.29, 1.82) is 0 Å². The molecule has 4 heterocycles. The number of H-pyrrole nitrogens is 1. The van der Waals surface area contributed by atoms with Crippen LogP contribution in [0.1, 0.15) is 30.2 Å². The van der Waals surface area contributed by atoms with Gasteiger partial charge in [-0.05, 0) is 12.8 Å². The fourth-order valence-electron chi connectivity index (χ4n) is 4.01. The van der Waals surface area contributed by atoms with Gasteiger partial charge in [0.25, 0.3) is 0 Å². The predicted octanol–water partition coefficient (Wildman–Crippen LogP) is 4.58. The van der Waals surface area contributed by atoms with Gasteiger partial charge >= 0.3 is 0 Å². The molecular weight excluding hydrogens is 468 g/mol. The number of ether oxygens (including phenoxy) is 1. The largest absolute Gasteiger partial charge is 0.378 e. The Morgan fingerprint density at radius 1 is 1.09 bits per heavy atom. The Hall–Kier alpha value is -3.63. The number of hydrogen-bond acceptors (Lipinski definition) is 9. The molecule has 6 rings (SSSR count). The van der Waals surface area contributed by atoms with E-state index in [9.17, 15) is 0 Å². The van der Waals surface area contributed by atoms with Gasteiger partial charge in [-0.25, -0.2) is 0 Å². The van der Waals surface area contributed by atoms with Crippen LogP contribution in [0, 0.1) is 0 Å². The maximum absolute atomic E-state index is 6.77.